The zero-order chi connectivity index (χ0) is 18.5. The highest BCUT2D eigenvalue weighted by atomic mass is 16.1. The first-order valence-electron chi connectivity index (χ1n) is 8.81. The van der Waals surface area contributed by atoms with Gasteiger partial charge in [-0.3, -0.25) is 4.79 Å². The van der Waals surface area contributed by atoms with Crippen LogP contribution in [0.1, 0.15) is 23.7 Å². The van der Waals surface area contributed by atoms with Gasteiger partial charge in [-0.2, -0.15) is 0 Å². The number of hydrogen-bond acceptors (Lipinski definition) is 4. The molecule has 0 spiro atoms. The van der Waals surface area contributed by atoms with Gasteiger partial charge in [-0.15, -0.1) is 0 Å². The Morgan fingerprint density at radius 3 is 2.65 bits per heavy atom. The number of para-hydroxylation sites is 1. The lowest BCUT2D eigenvalue weighted by Gasteiger charge is -2.15. The molecule has 0 saturated carbocycles. The number of rotatable bonds is 6. The van der Waals surface area contributed by atoms with Crippen LogP contribution >= 0.6 is 0 Å². The van der Waals surface area contributed by atoms with Crippen molar-refractivity contribution in [3.63, 3.8) is 0 Å². The van der Waals surface area contributed by atoms with Crippen molar-refractivity contribution in [2.24, 2.45) is 0 Å². The molecule has 0 aliphatic heterocycles. The Morgan fingerprint density at radius 2 is 1.88 bits per heavy atom. The lowest BCUT2D eigenvalue weighted by atomic mass is 10.1. The first-order valence-corrected chi connectivity index (χ1v) is 8.81. The van der Waals surface area contributed by atoms with Crippen LogP contribution in [0.5, 0.6) is 0 Å². The number of carbonyl (C=O) groups is 1. The molecule has 0 fully saturated rings. The number of nitrogens with one attached hydrogen (secondary N) is 2. The van der Waals surface area contributed by atoms with Gasteiger partial charge in [0.1, 0.15) is 5.82 Å². The fourth-order valence-electron chi connectivity index (χ4n) is 2.77. The molecule has 5 heteroatoms. The van der Waals surface area contributed by atoms with Crippen LogP contribution in [0.15, 0.2) is 54.6 Å². The minimum absolute atomic E-state index is 0.0736. The molecule has 3 rings (SSSR count). The van der Waals surface area contributed by atoms with Crippen molar-refractivity contribution in [1.82, 2.24) is 10.3 Å². The van der Waals surface area contributed by atoms with Gasteiger partial charge < -0.3 is 15.5 Å². The predicted molar refractivity (Wildman–Crippen MR) is 108 cm³/mol. The summed E-state index contributed by atoms with van der Waals surface area (Å²) in [6.45, 7) is 2.69. The minimum Gasteiger partial charge on any atom is -0.378 e. The number of fused-ring (bicyclic) bond motifs is 1. The van der Waals surface area contributed by atoms with Gasteiger partial charge in [0.15, 0.2) is 0 Å². The third-order valence-electron chi connectivity index (χ3n) is 4.13. The molecule has 0 atom stereocenters. The quantitative estimate of drug-likeness (QED) is 0.701. The first-order chi connectivity index (χ1) is 12.6. The molecule has 2 aromatic carbocycles. The van der Waals surface area contributed by atoms with E-state index in [1.54, 1.807) is 0 Å². The molecular formula is C21H24N4O. The van der Waals surface area contributed by atoms with Crippen LogP contribution in [0.4, 0.5) is 17.2 Å². The number of nitrogens with zero attached hydrogens (tertiary/aromatic N) is 2. The summed E-state index contributed by atoms with van der Waals surface area (Å²) in [6.07, 6.45) is 0.900. The number of hydrogen-bond donors (Lipinski definition) is 2. The molecule has 1 amide bonds. The molecule has 5 nitrogen and oxygen atoms in total. The number of pyridine rings is 1. The zero-order valence-corrected chi connectivity index (χ0v) is 15.4. The Morgan fingerprint density at radius 1 is 1.08 bits per heavy atom. The van der Waals surface area contributed by atoms with Gasteiger partial charge in [0.2, 0.25) is 0 Å². The molecule has 0 saturated heterocycles. The van der Waals surface area contributed by atoms with Crippen molar-refractivity contribution in [1.29, 1.82) is 0 Å². The van der Waals surface area contributed by atoms with Crippen LogP contribution in [-0.2, 0) is 0 Å². The SMILES string of the molecule is CCCNC(=O)c1cc(Nc2cccc(N(C)C)c2)nc2ccccc12. The second kappa shape index (κ2) is 7.87. The molecule has 0 bridgehead atoms. The van der Waals surface area contributed by atoms with E-state index in [2.05, 4.69) is 15.6 Å². The van der Waals surface area contributed by atoms with Crippen LogP contribution in [0, 0.1) is 0 Å². The third-order valence-corrected chi connectivity index (χ3v) is 4.13. The maximum atomic E-state index is 12.6. The largest absolute Gasteiger partial charge is 0.378 e. The van der Waals surface area contributed by atoms with E-state index < -0.39 is 0 Å². The molecular weight excluding hydrogens is 324 g/mol. The topological polar surface area (TPSA) is 57.3 Å². The van der Waals surface area contributed by atoms with Gasteiger partial charge in [-0.05, 0) is 36.8 Å². The summed E-state index contributed by atoms with van der Waals surface area (Å²) in [7, 11) is 4.01. The van der Waals surface area contributed by atoms with E-state index in [9.17, 15) is 4.79 Å². The molecule has 134 valence electrons. The molecule has 3 aromatic rings. The number of benzene rings is 2. The average Bonchev–Trinajstić information content (AvgIpc) is 2.65. The van der Waals surface area contributed by atoms with Crippen molar-refractivity contribution in [3.8, 4) is 0 Å². The summed E-state index contributed by atoms with van der Waals surface area (Å²) in [5, 5.41) is 7.13. The van der Waals surface area contributed by atoms with Crippen molar-refractivity contribution >= 4 is 34.0 Å². The molecule has 1 heterocycles. The maximum Gasteiger partial charge on any atom is 0.252 e. The van der Waals surface area contributed by atoms with Gasteiger partial charge in [0.25, 0.3) is 5.91 Å². The van der Waals surface area contributed by atoms with Crippen LogP contribution in [0.2, 0.25) is 0 Å². The summed E-state index contributed by atoms with van der Waals surface area (Å²) >= 11 is 0. The molecule has 1 aromatic heterocycles. The Bertz CT molecular complexity index is 921. The van der Waals surface area contributed by atoms with E-state index in [1.807, 2.05) is 80.5 Å². The van der Waals surface area contributed by atoms with Crippen LogP contribution in [0.25, 0.3) is 10.9 Å². The smallest absolute Gasteiger partial charge is 0.252 e. The van der Waals surface area contributed by atoms with Crippen molar-refractivity contribution < 1.29 is 4.79 Å². The number of aromatic nitrogens is 1. The van der Waals surface area contributed by atoms with Gasteiger partial charge in [-0.1, -0.05) is 31.2 Å². The first kappa shape index (κ1) is 17.7. The third kappa shape index (κ3) is 3.94. The fraction of sp³-hybridized carbons (Fsp3) is 0.238. The normalized spacial score (nSPS) is 10.6. The van der Waals surface area contributed by atoms with E-state index >= 15 is 0 Å². The second-order valence-corrected chi connectivity index (χ2v) is 6.40. The zero-order valence-electron chi connectivity index (χ0n) is 15.4. The summed E-state index contributed by atoms with van der Waals surface area (Å²) in [6, 6.07) is 17.6. The van der Waals surface area contributed by atoms with Crippen molar-refractivity contribution in [3.05, 3.63) is 60.2 Å². The van der Waals surface area contributed by atoms with Crippen molar-refractivity contribution in [2.75, 3.05) is 30.9 Å². The summed E-state index contributed by atoms with van der Waals surface area (Å²) in [5.74, 6) is 0.580. The highest BCUT2D eigenvalue weighted by Gasteiger charge is 2.12. The summed E-state index contributed by atoms with van der Waals surface area (Å²) in [4.78, 5) is 19.3. The molecule has 0 radical (unpaired) electrons. The number of carbonyl (C=O) groups excluding carboxylic acids is 1. The van der Waals surface area contributed by atoms with E-state index in [-0.39, 0.29) is 5.91 Å². The maximum absolute atomic E-state index is 12.6. The lowest BCUT2D eigenvalue weighted by molar-refractivity contribution is 0.0955. The van der Waals surface area contributed by atoms with E-state index in [0.29, 0.717) is 17.9 Å². The Kier molecular flexibility index (Phi) is 5.37. The van der Waals surface area contributed by atoms with E-state index in [4.69, 9.17) is 0 Å². The fourth-order valence-corrected chi connectivity index (χ4v) is 2.77. The van der Waals surface area contributed by atoms with Crippen LogP contribution < -0.4 is 15.5 Å². The molecule has 0 aliphatic rings. The molecule has 0 unspecified atom stereocenters. The van der Waals surface area contributed by atoms with Gasteiger partial charge in [-0.25, -0.2) is 4.98 Å². The number of anilines is 3. The predicted octanol–water partition coefficient (Wildman–Crippen LogP) is 4.18. The van der Waals surface area contributed by atoms with Crippen LogP contribution in [-0.4, -0.2) is 31.5 Å². The van der Waals surface area contributed by atoms with Gasteiger partial charge in [0, 0.05) is 37.4 Å². The molecule has 26 heavy (non-hydrogen) atoms. The standard InChI is InChI=1S/C21H24N4O/c1-4-12-22-21(26)18-14-20(24-19-11-6-5-10-17(18)19)23-15-8-7-9-16(13-15)25(2)3/h5-11,13-14H,4,12H2,1-3H3,(H,22,26)(H,23,24). The van der Waals surface area contributed by atoms with Gasteiger partial charge in [0.05, 0.1) is 11.1 Å². The monoisotopic (exact) mass is 348 g/mol. The highest BCUT2D eigenvalue weighted by Crippen LogP contribution is 2.25. The summed E-state index contributed by atoms with van der Waals surface area (Å²) in [5.41, 5.74) is 3.45. The Hall–Kier alpha value is -3.08. The molecule has 2 N–H and O–H groups in total. The minimum atomic E-state index is -0.0736. The Labute approximate surface area is 154 Å². The average molecular weight is 348 g/mol. The van der Waals surface area contributed by atoms with Crippen molar-refractivity contribution in [2.45, 2.75) is 13.3 Å². The summed E-state index contributed by atoms with van der Waals surface area (Å²) < 4.78 is 0. The second-order valence-electron chi connectivity index (χ2n) is 6.40. The highest BCUT2D eigenvalue weighted by molar-refractivity contribution is 6.07. The number of amides is 1. The van der Waals surface area contributed by atoms with Crippen LogP contribution in [0.3, 0.4) is 0 Å². The van der Waals surface area contributed by atoms with E-state index in [0.717, 1.165) is 28.7 Å². The lowest BCUT2D eigenvalue weighted by Crippen LogP contribution is -2.24. The Balaban J connectivity index is 1.98. The van der Waals surface area contributed by atoms with Gasteiger partial charge >= 0.3 is 0 Å². The van der Waals surface area contributed by atoms with E-state index in [1.165, 1.54) is 0 Å². The molecule has 0 aliphatic carbocycles.